The zero-order valence-electron chi connectivity index (χ0n) is 14.7. The lowest BCUT2D eigenvalue weighted by atomic mass is 10.1. The topological polar surface area (TPSA) is 78.1 Å². The molecule has 0 unspecified atom stereocenters. The maximum absolute atomic E-state index is 8.86. The van der Waals surface area contributed by atoms with Crippen molar-refractivity contribution >= 4 is 5.70 Å². The Morgan fingerprint density at radius 2 is 1.73 bits per heavy atom. The van der Waals surface area contributed by atoms with Crippen LogP contribution in [-0.2, 0) is 6.61 Å². The third-order valence-electron chi connectivity index (χ3n) is 3.66. The lowest BCUT2D eigenvalue weighted by molar-refractivity contribution is 0.305. The highest BCUT2D eigenvalue weighted by Gasteiger charge is 2.07. The van der Waals surface area contributed by atoms with Crippen molar-refractivity contribution in [1.29, 1.82) is 10.5 Å². The monoisotopic (exact) mass is 345 g/mol. The normalized spacial score (nSPS) is 10.2. The standard InChI is InChI=1S/C21H19N3O2/c1-24-20(12-9-17(13-22)14-23)19-5-3-4-6-21(19)26-15-16-7-10-18(25-2)11-8-16/h3-12,24H,15H2,1-2H3. The minimum absolute atomic E-state index is 0.0365. The van der Waals surface area contributed by atoms with Crippen LogP contribution in [0.2, 0.25) is 0 Å². The SMILES string of the molecule is CNC(=CC=C(C#N)C#N)c1ccccc1OCc1ccc(OC)cc1. The summed E-state index contributed by atoms with van der Waals surface area (Å²) >= 11 is 0. The highest BCUT2D eigenvalue weighted by atomic mass is 16.5. The molecule has 2 aromatic rings. The maximum Gasteiger partial charge on any atom is 0.129 e. The second-order valence-corrected chi connectivity index (χ2v) is 5.27. The number of allylic oxidation sites excluding steroid dienone is 3. The number of nitriles is 2. The summed E-state index contributed by atoms with van der Waals surface area (Å²) in [4.78, 5) is 0. The van der Waals surface area contributed by atoms with Crippen LogP contribution in [0.25, 0.3) is 5.70 Å². The van der Waals surface area contributed by atoms with Crippen molar-refractivity contribution in [1.82, 2.24) is 5.32 Å². The van der Waals surface area contributed by atoms with Crippen molar-refractivity contribution in [2.75, 3.05) is 14.2 Å². The van der Waals surface area contributed by atoms with Gasteiger partial charge in [0, 0.05) is 18.3 Å². The van der Waals surface area contributed by atoms with Crippen LogP contribution in [0.15, 0.2) is 66.3 Å². The van der Waals surface area contributed by atoms with E-state index >= 15 is 0 Å². The number of benzene rings is 2. The Kier molecular flexibility index (Phi) is 6.85. The van der Waals surface area contributed by atoms with Crippen molar-refractivity contribution < 1.29 is 9.47 Å². The molecule has 0 aromatic heterocycles. The molecule has 1 N–H and O–H groups in total. The first kappa shape index (κ1) is 18.6. The molecule has 2 rings (SSSR count). The van der Waals surface area contributed by atoms with E-state index in [4.69, 9.17) is 20.0 Å². The molecule has 0 atom stereocenters. The molecular weight excluding hydrogens is 326 g/mol. The quantitative estimate of drug-likeness (QED) is 0.610. The van der Waals surface area contributed by atoms with Crippen molar-refractivity contribution in [3.05, 3.63) is 77.4 Å². The second-order valence-electron chi connectivity index (χ2n) is 5.27. The van der Waals surface area contributed by atoms with Gasteiger partial charge in [-0.1, -0.05) is 24.3 Å². The van der Waals surface area contributed by atoms with Gasteiger partial charge in [-0.3, -0.25) is 0 Å². The molecule has 2 aromatic carbocycles. The van der Waals surface area contributed by atoms with Crippen LogP contribution in [0, 0.1) is 22.7 Å². The Bertz CT molecular complexity index is 869. The fraction of sp³-hybridized carbons (Fsp3) is 0.143. The molecule has 0 heterocycles. The van der Waals surface area contributed by atoms with E-state index in [1.54, 1.807) is 20.2 Å². The number of ether oxygens (including phenoxy) is 2. The van der Waals surface area contributed by atoms with Crippen molar-refractivity contribution in [2.24, 2.45) is 0 Å². The molecule has 0 radical (unpaired) electrons. The van der Waals surface area contributed by atoms with Gasteiger partial charge in [-0.05, 0) is 42.0 Å². The second kappa shape index (κ2) is 9.56. The van der Waals surface area contributed by atoms with Gasteiger partial charge >= 0.3 is 0 Å². The Morgan fingerprint density at radius 1 is 1.04 bits per heavy atom. The summed E-state index contributed by atoms with van der Waals surface area (Å²) in [5.41, 5.74) is 2.65. The van der Waals surface area contributed by atoms with Gasteiger partial charge < -0.3 is 14.8 Å². The number of methoxy groups -OCH3 is 1. The molecule has 0 aliphatic heterocycles. The molecule has 0 saturated heterocycles. The molecule has 5 heteroatoms. The lowest BCUT2D eigenvalue weighted by Gasteiger charge is -2.14. The number of para-hydroxylation sites is 1. The fourth-order valence-electron chi connectivity index (χ4n) is 2.27. The first-order chi connectivity index (χ1) is 12.7. The average molecular weight is 345 g/mol. The molecule has 5 nitrogen and oxygen atoms in total. The van der Waals surface area contributed by atoms with E-state index in [-0.39, 0.29) is 5.57 Å². The van der Waals surface area contributed by atoms with Gasteiger partial charge in [-0.15, -0.1) is 0 Å². The van der Waals surface area contributed by atoms with Crippen LogP contribution in [-0.4, -0.2) is 14.2 Å². The number of hydrogen-bond donors (Lipinski definition) is 1. The molecule has 0 saturated carbocycles. The minimum atomic E-state index is 0.0365. The number of nitrogens with one attached hydrogen (secondary N) is 1. The van der Waals surface area contributed by atoms with Gasteiger partial charge in [0.1, 0.15) is 35.8 Å². The largest absolute Gasteiger partial charge is 0.497 e. The first-order valence-electron chi connectivity index (χ1n) is 7.97. The van der Waals surface area contributed by atoms with Gasteiger partial charge in [0.15, 0.2) is 0 Å². The van der Waals surface area contributed by atoms with Crippen LogP contribution in [0.4, 0.5) is 0 Å². The van der Waals surface area contributed by atoms with E-state index < -0.39 is 0 Å². The summed E-state index contributed by atoms with van der Waals surface area (Å²) in [6.07, 6.45) is 3.17. The molecular formula is C21H19N3O2. The van der Waals surface area contributed by atoms with Gasteiger partial charge in [0.25, 0.3) is 0 Å². The molecule has 26 heavy (non-hydrogen) atoms. The zero-order chi connectivity index (χ0) is 18.8. The molecule has 0 fully saturated rings. The van der Waals surface area contributed by atoms with Gasteiger partial charge in [-0.25, -0.2) is 0 Å². The lowest BCUT2D eigenvalue weighted by Crippen LogP contribution is -2.07. The number of nitrogens with zero attached hydrogens (tertiary/aromatic N) is 2. The van der Waals surface area contributed by atoms with E-state index in [1.165, 1.54) is 6.08 Å². The summed E-state index contributed by atoms with van der Waals surface area (Å²) in [5.74, 6) is 1.50. The summed E-state index contributed by atoms with van der Waals surface area (Å²) < 4.78 is 11.1. The van der Waals surface area contributed by atoms with Crippen LogP contribution in [0.1, 0.15) is 11.1 Å². The van der Waals surface area contributed by atoms with E-state index in [2.05, 4.69) is 5.32 Å². The van der Waals surface area contributed by atoms with Gasteiger partial charge in [0.2, 0.25) is 0 Å². The third kappa shape index (κ3) is 4.90. The Labute approximate surface area is 153 Å². The summed E-state index contributed by atoms with van der Waals surface area (Å²) in [5, 5.41) is 20.8. The number of hydrogen-bond acceptors (Lipinski definition) is 5. The molecule has 0 bridgehead atoms. The van der Waals surface area contributed by atoms with Crippen molar-refractivity contribution in [3.8, 4) is 23.6 Å². The van der Waals surface area contributed by atoms with E-state index in [0.717, 1.165) is 22.6 Å². The molecule has 0 aliphatic rings. The van der Waals surface area contributed by atoms with E-state index in [1.807, 2.05) is 60.7 Å². The summed E-state index contributed by atoms with van der Waals surface area (Å²) in [6, 6.07) is 18.9. The van der Waals surface area contributed by atoms with Crippen LogP contribution < -0.4 is 14.8 Å². The first-order valence-corrected chi connectivity index (χ1v) is 7.97. The van der Waals surface area contributed by atoms with Crippen molar-refractivity contribution in [3.63, 3.8) is 0 Å². The van der Waals surface area contributed by atoms with Crippen LogP contribution in [0.3, 0.4) is 0 Å². The Morgan fingerprint density at radius 3 is 2.35 bits per heavy atom. The van der Waals surface area contributed by atoms with Crippen LogP contribution in [0.5, 0.6) is 11.5 Å². The van der Waals surface area contributed by atoms with E-state index in [0.29, 0.717) is 12.4 Å². The number of rotatable bonds is 7. The Balaban J connectivity index is 2.23. The maximum atomic E-state index is 8.86. The molecule has 0 aliphatic carbocycles. The predicted octanol–water partition coefficient (Wildman–Crippen LogP) is 3.81. The average Bonchev–Trinajstić information content (AvgIpc) is 2.71. The summed E-state index contributed by atoms with van der Waals surface area (Å²) in [7, 11) is 3.41. The highest BCUT2D eigenvalue weighted by Crippen LogP contribution is 2.25. The molecule has 0 amide bonds. The molecule has 0 spiro atoms. The zero-order valence-corrected chi connectivity index (χ0v) is 14.7. The fourth-order valence-corrected chi connectivity index (χ4v) is 2.27. The molecule has 130 valence electrons. The highest BCUT2D eigenvalue weighted by molar-refractivity contribution is 5.70. The van der Waals surface area contributed by atoms with Crippen molar-refractivity contribution in [2.45, 2.75) is 6.61 Å². The van der Waals surface area contributed by atoms with E-state index in [9.17, 15) is 0 Å². The Hall–Kier alpha value is -3.70. The summed E-state index contributed by atoms with van der Waals surface area (Å²) in [6.45, 7) is 0.412. The minimum Gasteiger partial charge on any atom is -0.497 e. The smallest absolute Gasteiger partial charge is 0.129 e. The van der Waals surface area contributed by atoms with Gasteiger partial charge in [0.05, 0.1) is 7.11 Å². The third-order valence-corrected chi connectivity index (χ3v) is 3.66. The predicted molar refractivity (Wildman–Crippen MR) is 100 cm³/mol. The van der Waals surface area contributed by atoms with Crippen LogP contribution >= 0.6 is 0 Å². The van der Waals surface area contributed by atoms with Gasteiger partial charge in [-0.2, -0.15) is 10.5 Å².